The minimum absolute atomic E-state index is 0.000671. The van der Waals surface area contributed by atoms with Gasteiger partial charge in [-0.05, 0) is 376 Å². The molecule has 0 aliphatic heterocycles. The first-order chi connectivity index (χ1) is 57.0. The number of halogens is 6. The lowest BCUT2D eigenvalue weighted by atomic mass is 9.72. The molecule has 0 saturated heterocycles. The van der Waals surface area contributed by atoms with E-state index in [2.05, 4.69) is 145 Å². The molecule has 14 nitrogen and oxygen atoms in total. The molecule has 0 bridgehead atoms. The van der Waals surface area contributed by atoms with Crippen molar-refractivity contribution in [2.24, 2.45) is 0 Å². The van der Waals surface area contributed by atoms with Crippen molar-refractivity contribution in [3.8, 4) is 51.0 Å². The zero-order valence-electron chi connectivity index (χ0n) is 73.5. The third kappa shape index (κ3) is 26.4. The average Bonchev–Trinajstić information content (AvgIpc) is 0.712. The van der Waals surface area contributed by atoms with Crippen LogP contribution in [0.5, 0.6) is 28.7 Å². The fourth-order valence-electron chi connectivity index (χ4n) is 13.8. The van der Waals surface area contributed by atoms with E-state index in [1.54, 1.807) is 50.2 Å². The van der Waals surface area contributed by atoms with Crippen molar-refractivity contribution >= 4 is 32.7 Å². The molecule has 0 amide bonds. The molecule has 12 rings (SSSR count). The van der Waals surface area contributed by atoms with Gasteiger partial charge >= 0.3 is 18.3 Å². The average molecular weight is 1730 g/mol. The highest BCUT2D eigenvalue weighted by Gasteiger charge is 2.72. The highest BCUT2D eigenvalue weighted by molar-refractivity contribution is 7.86. The van der Waals surface area contributed by atoms with E-state index in [4.69, 9.17) is 9.84 Å². The topological polar surface area (TPSA) is 253 Å². The molecule has 0 radical (unpaired) electrons. The van der Waals surface area contributed by atoms with E-state index in [0.29, 0.717) is 53.2 Å². The van der Waals surface area contributed by atoms with Crippen molar-refractivity contribution in [3.63, 3.8) is 0 Å². The van der Waals surface area contributed by atoms with Crippen molar-refractivity contribution in [1.29, 1.82) is 0 Å². The summed E-state index contributed by atoms with van der Waals surface area (Å²) in [7, 11) is -9.11. The molecule has 12 aromatic carbocycles. The Labute approximate surface area is 719 Å². The normalized spacial score (nSPS) is 11.3. The van der Waals surface area contributed by atoms with Crippen molar-refractivity contribution < 1.29 is 92.1 Å². The van der Waals surface area contributed by atoms with Gasteiger partial charge < -0.3 is 30.3 Å². The molecule has 0 atom stereocenters. The fourth-order valence-corrected chi connectivity index (χ4v) is 15.3. The molecule has 0 aliphatic rings. The summed E-state index contributed by atoms with van der Waals surface area (Å²) in [5.41, 5.74) is 24.7. The van der Waals surface area contributed by atoms with E-state index >= 15 is 0 Å². The number of carbonyl (C=O) groups excluding carboxylic acids is 1. The number of hydrogen-bond donors (Lipinski definition) is 7. The number of ether oxygens (including phenoxy) is 1. The van der Waals surface area contributed by atoms with E-state index in [1.165, 1.54) is 127 Å². The molecular formula is C101H110F6O14S2. The monoisotopic (exact) mass is 1720 g/mol. The molecule has 12 aromatic rings. The Kier molecular flexibility index (Phi) is 34.0. The number of phenols is 4. The minimum atomic E-state index is -5.71. The Hall–Kier alpha value is -11.8. The van der Waals surface area contributed by atoms with Gasteiger partial charge in [0.05, 0.1) is 5.56 Å². The van der Waals surface area contributed by atoms with E-state index in [-0.39, 0.29) is 33.8 Å². The number of benzene rings is 12. The second kappa shape index (κ2) is 41.8. The van der Waals surface area contributed by atoms with Gasteiger partial charge in [-0.2, -0.15) is 43.2 Å². The van der Waals surface area contributed by atoms with Gasteiger partial charge in [0.25, 0.3) is 26.7 Å². The summed E-state index contributed by atoms with van der Waals surface area (Å²) in [4.78, 5) is 20.1. The summed E-state index contributed by atoms with van der Waals surface area (Å²) in [6, 6.07) is 52.8. The minimum Gasteiger partial charge on any atom is -0.508 e. The van der Waals surface area contributed by atoms with Crippen LogP contribution in [0, 0.1) is 152 Å². The predicted molar refractivity (Wildman–Crippen MR) is 478 cm³/mol. The van der Waals surface area contributed by atoms with Crippen LogP contribution >= 0.6 is 0 Å². The predicted octanol–water partition coefficient (Wildman–Crippen LogP) is 25.1. The summed E-state index contributed by atoms with van der Waals surface area (Å²) in [5.74, 6) is -0.504. The van der Waals surface area contributed by atoms with Gasteiger partial charge in [-0.3, -0.25) is 13.9 Å². The van der Waals surface area contributed by atoms with Gasteiger partial charge in [-0.1, -0.05) is 151 Å². The Balaban J connectivity index is 0.000000225. The SMILES string of the molecule is Cc1cc(C(c2ccc(O)c(C)c2)(C(F)(F)F)C(F)(F)F)ccc1O.Cc1cc(C)c(C)c(C)c1C.Cc1cc(C)cc(C(=O)O)c1.Cc1cc(Cc2cc(C)c(C)c(C)c2)cc(C)c1C.Cc1ccc(-c2ccc(C)c(O)c2)cc1O.Cc1ccc(-c2ccc(C)cc2S(=O)(=O)O)c(S(=O)(=O)O)c1.Cc1ccc(Cc2ccc(C)c(OC=O)c2)cc1C. The molecule has 0 spiro atoms. The molecule has 0 heterocycles. The smallest absolute Gasteiger partial charge is 0.411 e. The fraction of sp³-hybridized carbons (Fsp3) is 0.267. The maximum absolute atomic E-state index is 13.9. The van der Waals surface area contributed by atoms with E-state index in [1.807, 2.05) is 77.1 Å². The van der Waals surface area contributed by atoms with Crippen molar-refractivity contribution in [3.05, 3.63) is 355 Å². The standard InChI is InChI=1S/C19H24.C17H14F6O2.C17H18O2.C14H14O6S2.C14H14O2.C11H16.C9H10O2/c1-12-7-18(8-13(2)16(12)5)11-19-9-14(3)17(6)15(4)10-19;1-9-7-11(3-5-13(9)24)15(16(18,19)20,17(21,22)23)12-4-6-14(25)10(2)8-12;1-12-4-6-15(8-14(12)3)9-16-7-5-13(2)17(10-16)19-11-18;1-9-3-5-11(13(7-9)21(15,16)17)12-6-4-10(2)8-14(12)22(18,19)20;1-9-3-5-11(7-13(9)15)12-6-4-10(2)14(16)8-12;1-7-6-8(2)10(4)11(5)9(7)3;1-6-3-7(2)5-8(4-6)9(10)11/h7-10H,11H2,1-6H3;3-8,24-25H,1-2H3;4-8,10-11H,9H2,1-3H3;3-8H,1-2H3,(H,15,16,17)(H,18,19,20);3-8,15-16H,1-2H3;6H,1-5H3;3-5H,1-2H3,(H,10,11). The lowest BCUT2D eigenvalue weighted by molar-refractivity contribution is -0.288. The number of aromatic carboxylic acids is 1. The number of aryl methyl sites for hydroxylation is 17. The molecule has 123 heavy (non-hydrogen) atoms. The first-order valence-corrected chi connectivity index (χ1v) is 42.1. The summed E-state index contributed by atoms with van der Waals surface area (Å²) in [6.07, 6.45) is -9.54. The zero-order valence-corrected chi connectivity index (χ0v) is 75.2. The third-order valence-corrected chi connectivity index (χ3v) is 23.8. The van der Waals surface area contributed by atoms with Gasteiger partial charge in [0.1, 0.15) is 38.5 Å². The molecule has 652 valence electrons. The van der Waals surface area contributed by atoms with Crippen LogP contribution in [0.15, 0.2) is 204 Å². The number of carbonyl (C=O) groups is 2. The van der Waals surface area contributed by atoms with Crippen LogP contribution in [0.25, 0.3) is 22.3 Å². The lowest BCUT2D eigenvalue weighted by Gasteiger charge is -2.38. The van der Waals surface area contributed by atoms with Crippen molar-refractivity contribution in [2.75, 3.05) is 0 Å². The third-order valence-electron chi connectivity index (χ3n) is 22.0. The first kappa shape index (κ1) is 100.0. The summed E-state index contributed by atoms with van der Waals surface area (Å²) in [6.45, 7) is 44.0. The van der Waals surface area contributed by atoms with Crippen LogP contribution in [-0.2, 0) is 43.3 Å². The van der Waals surface area contributed by atoms with Crippen LogP contribution in [0.3, 0.4) is 0 Å². The maximum Gasteiger partial charge on any atom is 0.411 e. The molecule has 22 heteroatoms. The zero-order chi connectivity index (χ0) is 92.6. The number of hydrogen-bond acceptors (Lipinski definition) is 11. The quantitative estimate of drug-likeness (QED) is 0.0322. The highest BCUT2D eigenvalue weighted by Crippen LogP contribution is 2.57. The molecule has 0 fully saturated rings. The van der Waals surface area contributed by atoms with E-state index < -0.39 is 76.4 Å². The van der Waals surface area contributed by atoms with Crippen molar-refractivity contribution in [1.82, 2.24) is 0 Å². The van der Waals surface area contributed by atoms with Crippen molar-refractivity contribution in [2.45, 2.75) is 193 Å². The number of alkyl halides is 6. The second-order valence-corrected chi connectivity index (χ2v) is 34.3. The number of rotatable bonds is 13. The summed E-state index contributed by atoms with van der Waals surface area (Å²) >= 11 is 0. The van der Waals surface area contributed by atoms with E-state index in [9.17, 15) is 82.3 Å². The summed E-state index contributed by atoms with van der Waals surface area (Å²) < 4.78 is 153. The van der Waals surface area contributed by atoms with Crippen LogP contribution in [0.4, 0.5) is 26.3 Å². The lowest BCUT2D eigenvalue weighted by Crippen LogP contribution is -2.54. The number of carboxylic acid groups (broad SMARTS) is 1. The van der Waals surface area contributed by atoms with Crippen LogP contribution in [0.2, 0.25) is 0 Å². The number of phenolic OH excluding ortho intramolecular Hbond substituents is 4. The van der Waals surface area contributed by atoms with Crippen LogP contribution in [-0.4, -0.2) is 76.3 Å². The number of aromatic hydroxyl groups is 4. The summed E-state index contributed by atoms with van der Waals surface area (Å²) in [5, 5.41) is 46.8. The molecule has 0 aromatic heterocycles. The molecule has 0 unspecified atom stereocenters. The van der Waals surface area contributed by atoms with Gasteiger partial charge in [0, 0.05) is 11.1 Å². The van der Waals surface area contributed by atoms with Gasteiger partial charge in [-0.15, -0.1) is 0 Å². The van der Waals surface area contributed by atoms with Crippen LogP contribution < -0.4 is 4.74 Å². The van der Waals surface area contributed by atoms with Crippen LogP contribution in [0.1, 0.15) is 166 Å². The van der Waals surface area contributed by atoms with E-state index in [0.717, 1.165) is 69.5 Å². The Morgan fingerprint density at radius 3 is 1.02 bits per heavy atom. The first-order valence-electron chi connectivity index (χ1n) is 39.3. The second-order valence-electron chi connectivity index (χ2n) is 31.6. The molecular weight excluding hydrogens is 1620 g/mol. The number of carboxylic acids is 1. The molecule has 7 N–H and O–H groups in total. The Bertz CT molecular complexity index is 5760. The Morgan fingerprint density at radius 2 is 0.675 bits per heavy atom. The van der Waals surface area contributed by atoms with Gasteiger partial charge in [0.15, 0.2) is 0 Å². The van der Waals surface area contributed by atoms with Gasteiger partial charge in [0.2, 0.25) is 5.41 Å². The molecule has 0 aliphatic carbocycles. The Morgan fingerprint density at radius 1 is 0.325 bits per heavy atom. The maximum atomic E-state index is 13.9. The molecule has 0 saturated carbocycles. The van der Waals surface area contributed by atoms with Gasteiger partial charge in [-0.25, -0.2) is 4.79 Å². The largest absolute Gasteiger partial charge is 0.508 e. The highest BCUT2D eigenvalue weighted by atomic mass is 32.2.